The van der Waals surface area contributed by atoms with Crippen LogP contribution in [0, 0.1) is 0 Å². The molecule has 3 N–H and O–H groups in total. The van der Waals surface area contributed by atoms with E-state index in [1.807, 2.05) is 18.7 Å². The van der Waals surface area contributed by atoms with Crippen LogP contribution in [0.1, 0.15) is 31.1 Å². The van der Waals surface area contributed by atoms with Gasteiger partial charge in [-0.3, -0.25) is 4.79 Å². The van der Waals surface area contributed by atoms with Crippen LogP contribution >= 0.6 is 22.6 Å². The van der Waals surface area contributed by atoms with Gasteiger partial charge in [-0.2, -0.15) is 0 Å². The van der Waals surface area contributed by atoms with Gasteiger partial charge >= 0.3 is 0 Å². The van der Waals surface area contributed by atoms with Crippen molar-refractivity contribution in [3.8, 4) is 0 Å². The maximum Gasteiger partial charge on any atom is 0.192 e. The summed E-state index contributed by atoms with van der Waals surface area (Å²) >= 11 is 2.29. The molecule has 0 radical (unpaired) electrons. The van der Waals surface area contributed by atoms with Crippen molar-refractivity contribution in [2.45, 2.75) is 26.9 Å². The Kier molecular flexibility index (Phi) is 10.7. The van der Waals surface area contributed by atoms with Crippen LogP contribution in [0.15, 0.2) is 24.3 Å². The molecule has 0 saturated carbocycles. The number of likely N-dealkylation sites (N-methyl/N-ethyl adjacent to an activating group) is 1. The molecule has 5 heteroatoms. The average molecular weight is 392 g/mol. The van der Waals surface area contributed by atoms with Crippen molar-refractivity contribution in [3.63, 3.8) is 0 Å². The molecular weight excluding hydrogens is 367 g/mol. The molecule has 1 aromatic rings. The minimum Gasteiger partial charge on any atom is -0.399 e. The molecule has 1 aromatic carbocycles. The Morgan fingerprint density at radius 1 is 1.25 bits per heavy atom. The van der Waals surface area contributed by atoms with Crippen LogP contribution in [-0.2, 0) is 0 Å². The number of anilines is 1. The van der Waals surface area contributed by atoms with Crippen LogP contribution in [0.3, 0.4) is 0 Å². The van der Waals surface area contributed by atoms with Crippen LogP contribution in [0.5, 0.6) is 0 Å². The Bertz CT molecular complexity index is 378. The molecule has 0 amide bonds. The third kappa shape index (κ3) is 7.21. The van der Waals surface area contributed by atoms with Crippen LogP contribution in [-0.4, -0.2) is 46.0 Å². The highest BCUT2D eigenvalue weighted by atomic mass is 127. The van der Waals surface area contributed by atoms with E-state index in [1.54, 1.807) is 24.3 Å². The molecule has 1 atom stereocenters. The molecule has 0 saturated heterocycles. The summed E-state index contributed by atoms with van der Waals surface area (Å²) in [6, 6.07) is 6.61. The maximum absolute atomic E-state index is 11.9. The maximum atomic E-state index is 11.9. The van der Waals surface area contributed by atoms with E-state index < -0.39 is 6.10 Å². The lowest BCUT2D eigenvalue weighted by atomic mass is 10.1. The number of nitrogens with two attached hydrogens (primary N) is 1. The number of aliphatic hydroxyl groups excluding tert-OH is 1. The molecule has 0 aromatic heterocycles. The fraction of sp³-hybridized carbons (Fsp3) is 0.533. The van der Waals surface area contributed by atoms with Crippen LogP contribution in [0.2, 0.25) is 0 Å². The van der Waals surface area contributed by atoms with Crippen LogP contribution in [0.25, 0.3) is 0 Å². The number of hydrogen-bond acceptors (Lipinski definition) is 4. The normalized spacial score (nSPS) is 11.7. The molecular formula is C15H25IN2O2. The van der Waals surface area contributed by atoms with Gasteiger partial charge in [0.1, 0.15) is 6.10 Å². The number of aliphatic hydroxyl groups is 1. The van der Waals surface area contributed by atoms with Crippen molar-refractivity contribution in [2.24, 2.45) is 0 Å². The second-order valence-electron chi connectivity index (χ2n) is 4.26. The molecule has 0 heterocycles. The second kappa shape index (κ2) is 11.0. The largest absolute Gasteiger partial charge is 0.399 e. The molecule has 0 fully saturated rings. The summed E-state index contributed by atoms with van der Waals surface area (Å²) in [5, 5.41) is 9.85. The number of Topliss-reactive ketones (excluding diaryl/α,β-unsaturated/α-hetero) is 1. The highest BCUT2D eigenvalue weighted by Gasteiger charge is 2.18. The molecule has 114 valence electrons. The first kappa shape index (κ1) is 19.3. The Balaban J connectivity index is 0.00000110. The fourth-order valence-corrected chi connectivity index (χ4v) is 1.65. The Hall–Kier alpha value is -0.660. The summed E-state index contributed by atoms with van der Waals surface area (Å²) in [7, 11) is 0. The van der Waals surface area contributed by atoms with Gasteiger partial charge in [0, 0.05) is 17.8 Å². The van der Waals surface area contributed by atoms with Gasteiger partial charge in [-0.05, 0) is 41.8 Å². The van der Waals surface area contributed by atoms with Gasteiger partial charge in [0.05, 0.1) is 0 Å². The van der Waals surface area contributed by atoms with Crippen molar-refractivity contribution < 1.29 is 9.90 Å². The average Bonchev–Trinajstić information content (AvgIpc) is 2.45. The monoisotopic (exact) mass is 392 g/mol. The number of nitrogen functional groups attached to an aromatic ring is 1. The Morgan fingerprint density at radius 3 is 2.10 bits per heavy atom. The first-order chi connectivity index (χ1) is 9.49. The molecule has 1 rings (SSSR count). The molecule has 0 aliphatic heterocycles. The highest BCUT2D eigenvalue weighted by molar-refractivity contribution is 14.1. The van der Waals surface area contributed by atoms with E-state index in [4.69, 9.17) is 5.73 Å². The van der Waals surface area contributed by atoms with E-state index in [-0.39, 0.29) is 5.78 Å². The second-order valence-corrected chi connectivity index (χ2v) is 5.78. The minimum absolute atomic E-state index is 0.253. The van der Waals surface area contributed by atoms with Crippen LogP contribution in [0.4, 0.5) is 5.69 Å². The predicted molar refractivity (Wildman–Crippen MR) is 93.5 cm³/mol. The lowest BCUT2D eigenvalue weighted by Gasteiger charge is -2.21. The van der Waals surface area contributed by atoms with Crippen molar-refractivity contribution >= 4 is 34.1 Å². The van der Waals surface area contributed by atoms with E-state index in [1.165, 1.54) is 4.43 Å². The van der Waals surface area contributed by atoms with Gasteiger partial charge in [0.25, 0.3) is 0 Å². The predicted octanol–water partition coefficient (Wildman–Crippen LogP) is 2.60. The number of rotatable bonds is 6. The third-order valence-corrected chi connectivity index (χ3v) is 2.82. The van der Waals surface area contributed by atoms with E-state index in [0.717, 1.165) is 13.1 Å². The van der Waals surface area contributed by atoms with E-state index in [0.29, 0.717) is 17.8 Å². The SMILES string of the molecule is CCI.CCN(CC)CC(O)C(=O)c1ccc(N)cc1. The summed E-state index contributed by atoms with van der Waals surface area (Å²) in [5.41, 5.74) is 6.65. The number of halogens is 1. The number of hydrogen-bond donors (Lipinski definition) is 2. The van der Waals surface area contributed by atoms with Gasteiger partial charge in [-0.25, -0.2) is 0 Å². The Labute approximate surface area is 135 Å². The van der Waals surface area contributed by atoms with E-state index in [2.05, 4.69) is 29.5 Å². The summed E-state index contributed by atoms with van der Waals surface area (Å²) < 4.78 is 1.22. The zero-order valence-electron chi connectivity index (χ0n) is 12.5. The smallest absolute Gasteiger partial charge is 0.192 e. The van der Waals surface area contributed by atoms with Gasteiger partial charge in [-0.15, -0.1) is 0 Å². The van der Waals surface area contributed by atoms with Gasteiger partial charge in [0.15, 0.2) is 5.78 Å². The molecule has 20 heavy (non-hydrogen) atoms. The van der Waals surface area contributed by atoms with Crippen molar-refractivity contribution in [2.75, 3.05) is 29.8 Å². The summed E-state index contributed by atoms with van der Waals surface area (Å²) in [6.45, 7) is 8.13. The fourth-order valence-electron chi connectivity index (χ4n) is 1.65. The lowest BCUT2D eigenvalue weighted by molar-refractivity contribution is 0.0654. The van der Waals surface area contributed by atoms with E-state index in [9.17, 15) is 9.90 Å². The highest BCUT2D eigenvalue weighted by Crippen LogP contribution is 2.09. The summed E-state index contributed by atoms with van der Waals surface area (Å²) in [6.07, 6.45) is -0.974. The standard InChI is InChI=1S/C13H20N2O2.C2H5I/c1-3-15(4-2)9-12(16)13(17)10-5-7-11(14)8-6-10;1-2-3/h5-8,12,16H,3-4,9,14H2,1-2H3;2H2,1H3. The zero-order chi connectivity index (χ0) is 15.5. The van der Waals surface area contributed by atoms with Gasteiger partial charge in [0.2, 0.25) is 0 Å². The van der Waals surface area contributed by atoms with Crippen molar-refractivity contribution in [3.05, 3.63) is 29.8 Å². The van der Waals surface area contributed by atoms with Gasteiger partial charge < -0.3 is 15.7 Å². The van der Waals surface area contributed by atoms with Crippen molar-refractivity contribution in [1.29, 1.82) is 0 Å². The summed E-state index contributed by atoms with van der Waals surface area (Å²) in [4.78, 5) is 13.9. The number of carbonyl (C=O) groups excluding carboxylic acids is 1. The first-order valence-electron chi connectivity index (χ1n) is 6.86. The van der Waals surface area contributed by atoms with E-state index >= 15 is 0 Å². The third-order valence-electron chi connectivity index (χ3n) is 2.82. The van der Waals surface area contributed by atoms with Gasteiger partial charge in [-0.1, -0.05) is 43.4 Å². The Morgan fingerprint density at radius 2 is 1.70 bits per heavy atom. The summed E-state index contributed by atoms with van der Waals surface area (Å²) in [5.74, 6) is -0.253. The van der Waals surface area contributed by atoms with Crippen molar-refractivity contribution in [1.82, 2.24) is 4.90 Å². The number of ketones is 1. The van der Waals surface area contributed by atoms with Crippen LogP contribution < -0.4 is 5.73 Å². The lowest BCUT2D eigenvalue weighted by Crippen LogP contribution is -2.36. The number of alkyl halides is 1. The topological polar surface area (TPSA) is 66.6 Å². The quantitative estimate of drug-likeness (QED) is 0.338. The minimum atomic E-state index is -0.974. The first-order valence-corrected chi connectivity index (χ1v) is 8.38. The molecule has 0 aliphatic carbocycles. The number of nitrogens with zero attached hydrogens (tertiary/aromatic N) is 1. The molecule has 0 bridgehead atoms. The zero-order valence-corrected chi connectivity index (χ0v) is 14.6. The molecule has 0 aliphatic rings. The molecule has 4 nitrogen and oxygen atoms in total. The molecule has 1 unspecified atom stereocenters. The molecule has 0 spiro atoms. The number of carbonyl (C=O) groups is 1. The number of benzene rings is 1.